The molecule has 7 heteroatoms. The van der Waals surface area contributed by atoms with Crippen LogP contribution in [0.1, 0.15) is 19.4 Å². The number of hydrogen-bond acceptors (Lipinski definition) is 6. The molecule has 4 aromatic rings. The average Bonchev–Trinajstić information content (AvgIpc) is 3.31. The molecule has 0 atom stereocenters. The van der Waals surface area contributed by atoms with Crippen molar-refractivity contribution >= 4 is 28.1 Å². The maximum atomic E-state index is 12.9. The van der Waals surface area contributed by atoms with Crippen LogP contribution >= 0.6 is 0 Å². The number of amides is 1. The maximum Gasteiger partial charge on any atom is 0.248 e. The second-order valence-electron chi connectivity index (χ2n) is 8.33. The molecule has 1 aliphatic rings. The van der Waals surface area contributed by atoms with Crippen molar-refractivity contribution < 1.29 is 28.2 Å². The molecule has 1 N–H and O–H groups in total. The van der Waals surface area contributed by atoms with E-state index in [2.05, 4.69) is 5.32 Å². The van der Waals surface area contributed by atoms with E-state index < -0.39 is 0 Å². The van der Waals surface area contributed by atoms with Crippen LogP contribution in [0.3, 0.4) is 0 Å². The number of rotatable bonds is 7. The van der Waals surface area contributed by atoms with Crippen molar-refractivity contribution in [2.75, 3.05) is 32.2 Å². The van der Waals surface area contributed by atoms with Gasteiger partial charge in [-0.05, 0) is 55.3 Å². The van der Waals surface area contributed by atoms with E-state index in [4.69, 9.17) is 23.4 Å². The van der Waals surface area contributed by atoms with Gasteiger partial charge in [0, 0.05) is 40.4 Å². The number of benzene rings is 3. The first-order valence-corrected chi connectivity index (χ1v) is 11.8. The van der Waals surface area contributed by atoms with Gasteiger partial charge in [0.05, 0.1) is 20.0 Å². The Morgan fingerprint density at radius 2 is 1.89 bits per heavy atom. The third-order valence-electron chi connectivity index (χ3n) is 5.94. The summed E-state index contributed by atoms with van der Waals surface area (Å²) in [7, 11) is 1.64. The molecular weight excluding hydrogens is 458 g/mol. The fourth-order valence-corrected chi connectivity index (χ4v) is 4.23. The van der Waals surface area contributed by atoms with Crippen LogP contribution in [0.5, 0.6) is 23.0 Å². The molecule has 184 valence electrons. The third kappa shape index (κ3) is 4.73. The number of hydrogen-bond donors (Lipinski definition) is 1. The van der Waals surface area contributed by atoms with Gasteiger partial charge in [0.2, 0.25) is 5.91 Å². The van der Waals surface area contributed by atoms with Crippen LogP contribution < -0.4 is 24.3 Å². The second-order valence-corrected chi connectivity index (χ2v) is 8.33. The number of furan rings is 1. The Kier molecular flexibility index (Phi) is 6.54. The predicted molar refractivity (Wildman–Crippen MR) is 139 cm³/mol. The molecule has 0 aliphatic carbocycles. The van der Waals surface area contributed by atoms with E-state index in [-0.39, 0.29) is 5.91 Å². The van der Waals surface area contributed by atoms with Crippen LogP contribution in [0.15, 0.2) is 71.4 Å². The highest BCUT2D eigenvalue weighted by Gasteiger charge is 2.16. The Bertz CT molecular complexity index is 1450. The lowest BCUT2D eigenvalue weighted by Crippen LogP contribution is -2.16. The van der Waals surface area contributed by atoms with Crippen molar-refractivity contribution in [1.82, 2.24) is 0 Å². The zero-order valence-electron chi connectivity index (χ0n) is 20.4. The van der Waals surface area contributed by atoms with E-state index in [1.807, 2.05) is 50.2 Å². The van der Waals surface area contributed by atoms with Crippen LogP contribution in [-0.4, -0.2) is 32.8 Å². The van der Waals surface area contributed by atoms with Crippen molar-refractivity contribution in [2.24, 2.45) is 0 Å². The van der Waals surface area contributed by atoms with Crippen LogP contribution in [0.25, 0.3) is 27.7 Å². The van der Waals surface area contributed by atoms with Gasteiger partial charge in [-0.15, -0.1) is 0 Å². The smallest absolute Gasteiger partial charge is 0.248 e. The quantitative estimate of drug-likeness (QED) is 0.309. The molecule has 0 saturated heterocycles. The Morgan fingerprint density at radius 1 is 1.06 bits per heavy atom. The summed E-state index contributed by atoms with van der Waals surface area (Å²) in [5.74, 6) is 2.45. The number of nitrogens with one attached hydrogen (secondary N) is 1. The summed E-state index contributed by atoms with van der Waals surface area (Å²) in [6.07, 6.45) is 3.29. The van der Waals surface area contributed by atoms with Crippen molar-refractivity contribution in [3.63, 3.8) is 0 Å². The first kappa shape index (κ1) is 23.4. The maximum absolute atomic E-state index is 12.9. The van der Waals surface area contributed by atoms with E-state index in [1.54, 1.807) is 37.6 Å². The largest absolute Gasteiger partial charge is 0.497 e. The second kappa shape index (κ2) is 10.1. The van der Waals surface area contributed by atoms with Gasteiger partial charge >= 0.3 is 0 Å². The summed E-state index contributed by atoms with van der Waals surface area (Å²) >= 11 is 0. The fraction of sp³-hybridized carbons (Fsp3) is 0.207. The van der Waals surface area contributed by atoms with Crippen LogP contribution in [0.2, 0.25) is 0 Å². The first-order chi connectivity index (χ1) is 17.6. The highest BCUT2D eigenvalue weighted by molar-refractivity contribution is 6.05. The monoisotopic (exact) mass is 485 g/mol. The summed E-state index contributed by atoms with van der Waals surface area (Å²) in [4.78, 5) is 12.9. The first-order valence-electron chi connectivity index (χ1n) is 11.8. The van der Waals surface area contributed by atoms with Crippen molar-refractivity contribution in [3.8, 4) is 34.1 Å². The van der Waals surface area contributed by atoms with E-state index in [0.717, 1.165) is 33.4 Å². The Labute approximate surface area is 209 Å². The van der Waals surface area contributed by atoms with Gasteiger partial charge < -0.3 is 28.7 Å². The number of ether oxygens (including phenoxy) is 4. The number of anilines is 1. The third-order valence-corrected chi connectivity index (χ3v) is 5.94. The normalized spacial score (nSPS) is 12.9. The minimum atomic E-state index is -0.257. The lowest BCUT2D eigenvalue weighted by molar-refractivity contribution is -0.111. The molecule has 7 nitrogen and oxygen atoms in total. The van der Waals surface area contributed by atoms with Gasteiger partial charge in [0.15, 0.2) is 11.5 Å². The molecule has 3 aromatic carbocycles. The van der Waals surface area contributed by atoms with Crippen molar-refractivity contribution in [2.45, 2.75) is 13.8 Å². The van der Waals surface area contributed by atoms with Gasteiger partial charge in [-0.3, -0.25) is 4.79 Å². The Hall–Kier alpha value is -4.39. The molecule has 0 spiro atoms. The zero-order chi connectivity index (χ0) is 25.1. The summed E-state index contributed by atoms with van der Waals surface area (Å²) in [5.41, 5.74) is 4.81. The molecule has 0 radical (unpaired) electrons. The van der Waals surface area contributed by atoms with E-state index in [9.17, 15) is 4.79 Å². The van der Waals surface area contributed by atoms with Gasteiger partial charge in [-0.25, -0.2) is 0 Å². The molecule has 0 unspecified atom stereocenters. The molecule has 1 amide bonds. The fourth-order valence-electron chi connectivity index (χ4n) is 4.23. The minimum Gasteiger partial charge on any atom is -0.497 e. The standard InChI is InChI=1S/C29H27NO6/c1-4-33-26-16-27-23(24(17-36-27)19-6-5-7-21(13-19)32-3)15-22(26)18(2)12-29(31)30-20-8-9-25-28(14-20)35-11-10-34-25/h5-9,12-17H,4,10-11H2,1-3H3,(H,30,31)/b18-12+. The van der Waals surface area contributed by atoms with Gasteiger partial charge in [0.25, 0.3) is 0 Å². The molecule has 0 saturated carbocycles. The average molecular weight is 486 g/mol. The van der Waals surface area contributed by atoms with Crippen LogP contribution in [0, 0.1) is 0 Å². The molecule has 5 rings (SSSR count). The van der Waals surface area contributed by atoms with Crippen molar-refractivity contribution in [3.05, 3.63) is 72.5 Å². The van der Waals surface area contributed by atoms with E-state index >= 15 is 0 Å². The molecule has 1 aliphatic heterocycles. The highest BCUT2D eigenvalue weighted by Crippen LogP contribution is 2.38. The number of allylic oxidation sites excluding steroid dienone is 1. The number of fused-ring (bicyclic) bond motifs is 2. The summed E-state index contributed by atoms with van der Waals surface area (Å²) in [5, 5.41) is 3.82. The van der Waals surface area contributed by atoms with Crippen LogP contribution in [-0.2, 0) is 4.79 Å². The van der Waals surface area contributed by atoms with Gasteiger partial charge in [-0.1, -0.05) is 12.1 Å². The minimum absolute atomic E-state index is 0.257. The Morgan fingerprint density at radius 3 is 2.69 bits per heavy atom. The van der Waals surface area contributed by atoms with Gasteiger partial charge in [0.1, 0.15) is 30.3 Å². The molecule has 1 aromatic heterocycles. The van der Waals surface area contributed by atoms with Gasteiger partial charge in [-0.2, -0.15) is 0 Å². The number of methoxy groups -OCH3 is 1. The topological polar surface area (TPSA) is 79.2 Å². The summed E-state index contributed by atoms with van der Waals surface area (Å²) in [6, 6.07) is 17.0. The van der Waals surface area contributed by atoms with E-state index in [1.165, 1.54) is 0 Å². The highest BCUT2D eigenvalue weighted by atomic mass is 16.6. The molecule has 0 bridgehead atoms. The summed E-state index contributed by atoms with van der Waals surface area (Å²) in [6.45, 7) is 5.30. The SMILES string of the molecule is CCOc1cc2occ(-c3cccc(OC)c3)c2cc1/C(C)=C/C(=O)Nc1ccc2c(c1)OCCO2. The summed E-state index contributed by atoms with van der Waals surface area (Å²) < 4.78 is 28.3. The van der Waals surface area contributed by atoms with Crippen LogP contribution in [0.4, 0.5) is 5.69 Å². The van der Waals surface area contributed by atoms with Crippen molar-refractivity contribution in [1.29, 1.82) is 0 Å². The number of carbonyl (C=O) groups excluding carboxylic acids is 1. The lowest BCUT2D eigenvalue weighted by atomic mass is 9.99. The lowest BCUT2D eigenvalue weighted by Gasteiger charge is -2.18. The molecule has 2 heterocycles. The number of carbonyl (C=O) groups is 1. The molecular formula is C29H27NO6. The van der Waals surface area contributed by atoms with E-state index in [0.29, 0.717) is 48.3 Å². The molecule has 0 fully saturated rings. The molecule has 36 heavy (non-hydrogen) atoms. The zero-order valence-corrected chi connectivity index (χ0v) is 20.4. The Balaban J connectivity index is 1.47. The predicted octanol–water partition coefficient (Wildman–Crippen LogP) is 6.32.